The number of allylic oxidation sites excluding steroid dienone is 1. The molecule has 0 aliphatic rings. The molecule has 0 radical (unpaired) electrons. The van der Waals surface area contributed by atoms with Crippen molar-refractivity contribution in [3.63, 3.8) is 0 Å². The minimum Gasteiger partial charge on any atom is -0.545 e. The number of carbonyl (C=O) groups is 2. The molecule has 12 heteroatoms. The molecule has 1 aromatic heterocycles. The molecule has 196 valence electrons. The number of carboxylic acids is 1. The molecule has 9 nitrogen and oxygen atoms in total. The Hall–Kier alpha value is -3.51. The van der Waals surface area contributed by atoms with Crippen LogP contribution in [0.5, 0.6) is 23.0 Å². The van der Waals surface area contributed by atoms with Crippen molar-refractivity contribution < 1.29 is 67.6 Å². The van der Waals surface area contributed by atoms with Crippen molar-refractivity contribution in [1.82, 2.24) is 8.75 Å². The molecule has 0 atom stereocenters. The first-order chi connectivity index (χ1) is 18.3. The Morgan fingerprint density at radius 3 is 2.00 bits per heavy atom. The van der Waals surface area contributed by atoms with Crippen molar-refractivity contribution >= 4 is 40.1 Å². The first kappa shape index (κ1) is 30.0. The van der Waals surface area contributed by atoms with Crippen LogP contribution in [0.3, 0.4) is 0 Å². The number of hydrogen-bond acceptors (Lipinski definition) is 10. The summed E-state index contributed by atoms with van der Waals surface area (Å²) < 4.78 is 43.9. The van der Waals surface area contributed by atoms with Crippen LogP contribution in [0.25, 0.3) is 16.6 Å². The van der Waals surface area contributed by atoms with Crippen molar-refractivity contribution in [2.45, 2.75) is 6.42 Å². The summed E-state index contributed by atoms with van der Waals surface area (Å²) in [7, 11) is 5.62. The predicted molar refractivity (Wildman–Crippen MR) is 136 cm³/mol. The molecule has 3 aromatic carbocycles. The third-order valence-electron chi connectivity index (χ3n) is 5.84. The molecule has 0 amide bonds. The molecule has 0 N–H and O–H groups in total. The number of benzene rings is 3. The van der Waals surface area contributed by atoms with E-state index in [1.807, 2.05) is 0 Å². The molecule has 4 aromatic rings. The molecule has 39 heavy (non-hydrogen) atoms. The van der Waals surface area contributed by atoms with E-state index in [1.165, 1.54) is 52.7 Å². The Kier molecular flexibility index (Phi) is 10.0. The molecule has 0 saturated carbocycles. The van der Waals surface area contributed by atoms with Gasteiger partial charge in [0.25, 0.3) is 0 Å². The summed E-state index contributed by atoms with van der Waals surface area (Å²) in [5, 5.41) is 12.5. The van der Waals surface area contributed by atoms with Crippen LogP contribution in [-0.2, 0) is 11.2 Å². The average Bonchev–Trinajstić information content (AvgIpc) is 3.39. The number of rotatable bonds is 10. The summed E-state index contributed by atoms with van der Waals surface area (Å²) in [4.78, 5) is 26.3. The van der Waals surface area contributed by atoms with E-state index < -0.39 is 17.6 Å². The van der Waals surface area contributed by atoms with Gasteiger partial charge in [-0.2, -0.15) is 8.75 Å². The normalized spacial score (nSPS) is 11.3. The molecule has 0 aliphatic carbocycles. The summed E-state index contributed by atoms with van der Waals surface area (Å²) in [5.74, 6) is -2.17. The Labute approximate surface area is 249 Å². The maximum Gasteiger partial charge on any atom is 1.00 e. The molecule has 0 bridgehead atoms. The number of Topliss-reactive ketones (excluding diaryl/α,β-unsaturated/α-hetero) is 1. The minimum absolute atomic E-state index is 0. The smallest absolute Gasteiger partial charge is 0.545 e. The number of carbonyl (C=O) groups excluding carboxylic acids is 2. The van der Waals surface area contributed by atoms with Gasteiger partial charge in [-0.15, -0.1) is 0 Å². The number of carboxylic acid groups (broad SMARTS) is 1. The van der Waals surface area contributed by atoms with E-state index in [4.69, 9.17) is 18.9 Å². The van der Waals surface area contributed by atoms with Gasteiger partial charge in [-0.05, 0) is 53.6 Å². The van der Waals surface area contributed by atoms with Gasteiger partial charge >= 0.3 is 29.6 Å². The Morgan fingerprint density at radius 1 is 0.821 bits per heavy atom. The van der Waals surface area contributed by atoms with Gasteiger partial charge in [0.05, 0.1) is 46.1 Å². The fourth-order valence-electron chi connectivity index (χ4n) is 4.06. The van der Waals surface area contributed by atoms with Gasteiger partial charge in [-0.25, -0.2) is 4.39 Å². The SMILES string of the molecule is COc1ccc(C(=O)C(Cc2cc(OC)c(OC)c(OC)c2)=C(C(=O)[O-])c2ccc3nsnc3c2)cc1F.[Na+]. The Morgan fingerprint density at radius 2 is 1.44 bits per heavy atom. The van der Waals surface area contributed by atoms with Crippen LogP contribution in [0.2, 0.25) is 0 Å². The largest absolute Gasteiger partial charge is 1.00 e. The molecular weight excluding hydrogens is 538 g/mol. The monoisotopic (exact) mass is 560 g/mol. The maximum atomic E-state index is 14.5. The number of halogens is 1. The van der Waals surface area contributed by atoms with E-state index in [-0.39, 0.29) is 64.0 Å². The van der Waals surface area contributed by atoms with Crippen LogP contribution < -0.4 is 53.6 Å². The van der Waals surface area contributed by atoms with E-state index in [9.17, 15) is 19.1 Å². The molecule has 0 fully saturated rings. The topological polar surface area (TPSA) is 120 Å². The number of methoxy groups -OCH3 is 4. The van der Waals surface area contributed by atoms with Crippen molar-refractivity contribution in [2.75, 3.05) is 28.4 Å². The molecule has 0 aliphatic heterocycles. The van der Waals surface area contributed by atoms with Crippen molar-refractivity contribution in [3.8, 4) is 23.0 Å². The van der Waals surface area contributed by atoms with Crippen LogP contribution >= 0.6 is 11.7 Å². The zero-order valence-electron chi connectivity index (χ0n) is 21.9. The molecule has 4 rings (SSSR count). The van der Waals surface area contributed by atoms with Crippen LogP contribution in [-0.4, -0.2) is 48.9 Å². The summed E-state index contributed by atoms with van der Waals surface area (Å²) in [5.41, 5.74) is 1.12. The first-order valence-electron chi connectivity index (χ1n) is 11.2. The third-order valence-corrected chi connectivity index (χ3v) is 6.40. The Balaban J connectivity index is 0.00000420. The second kappa shape index (κ2) is 13.0. The number of aromatic nitrogens is 2. The number of nitrogens with zero attached hydrogens (tertiary/aromatic N) is 2. The zero-order chi connectivity index (χ0) is 27.4. The minimum atomic E-state index is -1.59. The molecule has 1 heterocycles. The summed E-state index contributed by atoms with van der Waals surface area (Å²) in [6.07, 6.45) is -0.181. The van der Waals surface area contributed by atoms with Crippen LogP contribution in [0, 0.1) is 5.82 Å². The van der Waals surface area contributed by atoms with Crippen LogP contribution in [0.15, 0.2) is 54.1 Å². The van der Waals surface area contributed by atoms with Gasteiger partial charge in [0.15, 0.2) is 28.8 Å². The standard InChI is InChI=1S/C27H23FN2O7S.Na/c1-34-21-8-6-16(12-18(21)28)25(31)17(9-14-10-22(35-2)26(37-4)23(11-14)36-3)24(27(32)33)15-5-7-19-20(13-15)30-38-29-19;/h5-8,10-13H,9H2,1-4H3,(H,32,33);/q;+1/p-1. The van der Waals surface area contributed by atoms with Crippen molar-refractivity contribution in [2.24, 2.45) is 0 Å². The number of ether oxygens (including phenoxy) is 4. The molecular formula is C27H22FN2NaO7S. The average molecular weight is 561 g/mol. The predicted octanol–water partition coefficient (Wildman–Crippen LogP) is 0.498. The summed E-state index contributed by atoms with van der Waals surface area (Å²) in [6, 6.07) is 11.5. The maximum absolute atomic E-state index is 14.5. The molecule has 0 saturated heterocycles. The van der Waals surface area contributed by atoms with Gasteiger partial charge in [-0.1, -0.05) is 6.07 Å². The number of fused-ring (bicyclic) bond motifs is 1. The van der Waals surface area contributed by atoms with Gasteiger partial charge in [0.2, 0.25) is 5.75 Å². The van der Waals surface area contributed by atoms with Crippen LogP contribution in [0.1, 0.15) is 21.5 Å². The van der Waals surface area contributed by atoms with Crippen molar-refractivity contribution in [3.05, 3.63) is 76.6 Å². The molecule has 0 spiro atoms. The quantitative estimate of drug-likeness (QED) is 0.155. The number of aliphatic carboxylic acids is 1. The fourth-order valence-corrected chi connectivity index (χ4v) is 4.58. The second-order valence-electron chi connectivity index (χ2n) is 8.00. The van der Waals surface area contributed by atoms with Gasteiger partial charge < -0.3 is 28.8 Å². The van der Waals surface area contributed by atoms with Gasteiger partial charge in [0.1, 0.15) is 11.0 Å². The number of ketones is 1. The summed E-state index contributed by atoms with van der Waals surface area (Å²) >= 11 is 0.973. The Bertz CT molecular complexity index is 1550. The first-order valence-corrected chi connectivity index (χ1v) is 11.9. The van der Waals surface area contributed by atoms with E-state index >= 15 is 0 Å². The van der Waals surface area contributed by atoms with Crippen molar-refractivity contribution in [1.29, 1.82) is 0 Å². The van der Waals surface area contributed by atoms with E-state index in [0.29, 0.717) is 33.8 Å². The number of hydrogen-bond donors (Lipinski definition) is 0. The van der Waals surface area contributed by atoms with E-state index in [2.05, 4.69) is 8.75 Å². The second-order valence-corrected chi connectivity index (χ2v) is 8.53. The zero-order valence-corrected chi connectivity index (χ0v) is 24.7. The van der Waals surface area contributed by atoms with E-state index in [1.54, 1.807) is 18.2 Å². The summed E-state index contributed by atoms with van der Waals surface area (Å²) in [6.45, 7) is 0. The van der Waals surface area contributed by atoms with Gasteiger partial charge in [-0.3, -0.25) is 4.79 Å². The molecule has 0 unspecified atom stereocenters. The van der Waals surface area contributed by atoms with Crippen LogP contribution in [0.4, 0.5) is 4.39 Å². The third kappa shape index (κ3) is 6.22. The van der Waals surface area contributed by atoms with E-state index in [0.717, 1.165) is 17.8 Å². The fraction of sp³-hybridized carbons (Fsp3) is 0.185. The van der Waals surface area contributed by atoms with Gasteiger partial charge in [0, 0.05) is 23.1 Å².